The van der Waals surface area contributed by atoms with Gasteiger partial charge in [0.05, 0.1) is 0 Å². The van der Waals surface area contributed by atoms with Crippen molar-refractivity contribution in [2.45, 2.75) is 64.3 Å². The molecule has 0 saturated carbocycles. The van der Waals surface area contributed by atoms with Gasteiger partial charge in [0.2, 0.25) is 5.91 Å². The number of carbonyl (C=O) groups is 1. The van der Waals surface area contributed by atoms with Crippen molar-refractivity contribution < 1.29 is 4.79 Å². The molecule has 0 aromatic carbocycles. The first-order chi connectivity index (χ1) is 7.24. The number of unbranched alkanes of at least 4 members (excludes halogenated alkanes) is 5. The van der Waals surface area contributed by atoms with E-state index >= 15 is 0 Å². The highest BCUT2D eigenvalue weighted by molar-refractivity contribution is 5.95. The Morgan fingerprint density at radius 2 is 1.93 bits per heavy atom. The Bertz CT molecular complexity index is 207. The summed E-state index contributed by atoms with van der Waals surface area (Å²) in [4.78, 5) is 11.1. The van der Waals surface area contributed by atoms with Crippen LogP contribution in [0.3, 0.4) is 0 Å². The maximum atomic E-state index is 11.1. The Morgan fingerprint density at radius 1 is 1.27 bits per heavy atom. The number of carbonyl (C=O) groups excluding carboxylic acids is 1. The van der Waals surface area contributed by atoms with Crippen LogP contribution in [0.1, 0.15) is 58.3 Å². The molecule has 0 radical (unpaired) electrons. The van der Waals surface area contributed by atoms with Crippen LogP contribution in [0.4, 0.5) is 0 Å². The van der Waals surface area contributed by atoms with Gasteiger partial charge in [-0.2, -0.15) is 0 Å². The first kappa shape index (κ1) is 12.3. The molecule has 1 atom stereocenters. The van der Waals surface area contributed by atoms with Gasteiger partial charge >= 0.3 is 0 Å². The molecule has 1 rings (SSSR count). The number of hydrogen-bond donors (Lipinski definition) is 1. The Hall–Kier alpha value is -0.790. The molecule has 2 nitrogen and oxygen atoms in total. The van der Waals surface area contributed by atoms with E-state index in [2.05, 4.69) is 18.8 Å². The van der Waals surface area contributed by atoms with Crippen molar-refractivity contribution in [3.05, 3.63) is 12.2 Å². The van der Waals surface area contributed by atoms with Gasteiger partial charge in [-0.25, -0.2) is 0 Å². The van der Waals surface area contributed by atoms with Crippen molar-refractivity contribution in [3.8, 4) is 0 Å². The number of nitrogens with one attached hydrogen (secondary N) is 1. The van der Waals surface area contributed by atoms with Gasteiger partial charge in [0.25, 0.3) is 0 Å². The van der Waals surface area contributed by atoms with Gasteiger partial charge in [0.1, 0.15) is 0 Å². The van der Waals surface area contributed by atoms with Crippen molar-refractivity contribution >= 4 is 5.91 Å². The van der Waals surface area contributed by atoms with Crippen LogP contribution >= 0.6 is 0 Å². The van der Waals surface area contributed by atoms with Crippen LogP contribution in [0.5, 0.6) is 0 Å². The molecule has 1 aliphatic rings. The molecule has 1 N–H and O–H groups in total. The second-order valence-corrected chi connectivity index (χ2v) is 4.53. The van der Waals surface area contributed by atoms with E-state index in [0.29, 0.717) is 6.04 Å². The minimum absolute atomic E-state index is 0.0611. The Labute approximate surface area is 93.1 Å². The fourth-order valence-corrected chi connectivity index (χ4v) is 2.07. The summed E-state index contributed by atoms with van der Waals surface area (Å²) in [5, 5.41) is 2.97. The van der Waals surface area contributed by atoms with Gasteiger partial charge in [-0.05, 0) is 12.8 Å². The van der Waals surface area contributed by atoms with E-state index in [1.807, 2.05) is 0 Å². The lowest BCUT2D eigenvalue weighted by atomic mass is 10.0. The van der Waals surface area contributed by atoms with Crippen molar-refractivity contribution in [1.82, 2.24) is 5.32 Å². The van der Waals surface area contributed by atoms with Gasteiger partial charge in [-0.1, -0.05) is 52.0 Å². The third-order valence-electron chi connectivity index (χ3n) is 3.06. The van der Waals surface area contributed by atoms with E-state index in [9.17, 15) is 4.79 Å². The van der Waals surface area contributed by atoms with Crippen molar-refractivity contribution in [3.63, 3.8) is 0 Å². The van der Waals surface area contributed by atoms with Crippen LogP contribution in [0.25, 0.3) is 0 Å². The SMILES string of the molecule is C=C1C[C@@H](CCCCCCCC)NC1=O. The number of hydrogen-bond acceptors (Lipinski definition) is 1. The molecule has 1 heterocycles. The molecular formula is C13H23NO. The Balaban J connectivity index is 1.97. The van der Waals surface area contributed by atoms with E-state index in [1.165, 1.54) is 38.5 Å². The highest BCUT2D eigenvalue weighted by Gasteiger charge is 2.23. The second kappa shape index (κ2) is 6.65. The normalized spacial score (nSPS) is 20.7. The molecule has 86 valence electrons. The first-order valence-corrected chi connectivity index (χ1v) is 6.22. The molecule has 15 heavy (non-hydrogen) atoms. The fourth-order valence-electron chi connectivity index (χ4n) is 2.07. The number of amides is 1. The molecule has 2 heteroatoms. The fraction of sp³-hybridized carbons (Fsp3) is 0.769. The van der Waals surface area contributed by atoms with Gasteiger partial charge in [0.15, 0.2) is 0 Å². The topological polar surface area (TPSA) is 29.1 Å². The van der Waals surface area contributed by atoms with Crippen LogP contribution < -0.4 is 5.32 Å². The zero-order chi connectivity index (χ0) is 11.1. The highest BCUT2D eigenvalue weighted by atomic mass is 16.2. The molecule has 0 unspecified atom stereocenters. The molecule has 0 aromatic heterocycles. The van der Waals surface area contributed by atoms with Gasteiger partial charge < -0.3 is 5.32 Å². The van der Waals surface area contributed by atoms with Crippen molar-refractivity contribution in [2.24, 2.45) is 0 Å². The summed E-state index contributed by atoms with van der Waals surface area (Å²) in [5.74, 6) is 0.0611. The summed E-state index contributed by atoms with van der Waals surface area (Å²) in [5.41, 5.74) is 0.756. The zero-order valence-electron chi connectivity index (χ0n) is 9.85. The average molecular weight is 209 g/mol. The monoisotopic (exact) mass is 209 g/mol. The predicted molar refractivity (Wildman–Crippen MR) is 63.7 cm³/mol. The lowest BCUT2D eigenvalue weighted by Crippen LogP contribution is -2.25. The van der Waals surface area contributed by atoms with E-state index in [-0.39, 0.29) is 5.91 Å². The third-order valence-corrected chi connectivity index (χ3v) is 3.06. The summed E-state index contributed by atoms with van der Waals surface area (Å²) in [7, 11) is 0. The van der Waals surface area contributed by atoms with E-state index in [4.69, 9.17) is 0 Å². The van der Waals surface area contributed by atoms with Crippen molar-refractivity contribution in [2.75, 3.05) is 0 Å². The van der Waals surface area contributed by atoms with Crippen LogP contribution in [0, 0.1) is 0 Å². The summed E-state index contributed by atoms with van der Waals surface area (Å²) >= 11 is 0. The van der Waals surface area contributed by atoms with Crippen LogP contribution in [-0.2, 0) is 4.79 Å². The molecule has 1 fully saturated rings. The largest absolute Gasteiger partial charge is 0.349 e. The average Bonchev–Trinajstić information content (AvgIpc) is 2.52. The Kier molecular flexibility index (Phi) is 5.44. The van der Waals surface area contributed by atoms with Crippen molar-refractivity contribution in [1.29, 1.82) is 0 Å². The summed E-state index contributed by atoms with van der Waals surface area (Å²) < 4.78 is 0. The van der Waals surface area contributed by atoms with Crippen LogP contribution in [0.2, 0.25) is 0 Å². The molecule has 0 aliphatic carbocycles. The Morgan fingerprint density at radius 3 is 2.53 bits per heavy atom. The smallest absolute Gasteiger partial charge is 0.246 e. The molecular weight excluding hydrogens is 186 g/mol. The minimum Gasteiger partial charge on any atom is -0.349 e. The van der Waals surface area contributed by atoms with Crippen LogP contribution in [0.15, 0.2) is 12.2 Å². The van der Waals surface area contributed by atoms with Gasteiger partial charge in [-0.15, -0.1) is 0 Å². The van der Waals surface area contributed by atoms with E-state index in [1.54, 1.807) is 0 Å². The lowest BCUT2D eigenvalue weighted by Gasteiger charge is -2.08. The van der Waals surface area contributed by atoms with E-state index in [0.717, 1.165) is 18.4 Å². The maximum Gasteiger partial charge on any atom is 0.246 e. The second-order valence-electron chi connectivity index (χ2n) is 4.53. The molecule has 0 bridgehead atoms. The molecule has 0 aromatic rings. The highest BCUT2D eigenvalue weighted by Crippen LogP contribution is 2.18. The summed E-state index contributed by atoms with van der Waals surface area (Å²) in [6, 6.07) is 0.371. The molecule has 1 aliphatic heterocycles. The lowest BCUT2D eigenvalue weighted by molar-refractivity contribution is -0.116. The molecule has 1 saturated heterocycles. The predicted octanol–water partition coefficient (Wildman–Crippen LogP) is 3.18. The zero-order valence-corrected chi connectivity index (χ0v) is 9.85. The molecule has 1 amide bonds. The summed E-state index contributed by atoms with van der Waals surface area (Å²) in [6.45, 7) is 5.98. The molecule has 0 spiro atoms. The third kappa shape index (κ3) is 4.50. The quantitative estimate of drug-likeness (QED) is 0.506. The van der Waals surface area contributed by atoms with Crippen LogP contribution in [-0.4, -0.2) is 11.9 Å². The number of rotatable bonds is 7. The maximum absolute atomic E-state index is 11.1. The van der Waals surface area contributed by atoms with Gasteiger partial charge in [-0.3, -0.25) is 4.79 Å². The summed E-state index contributed by atoms with van der Waals surface area (Å²) in [6.07, 6.45) is 9.89. The minimum atomic E-state index is 0.0611. The van der Waals surface area contributed by atoms with E-state index < -0.39 is 0 Å². The van der Waals surface area contributed by atoms with Gasteiger partial charge in [0, 0.05) is 11.6 Å². The standard InChI is InChI=1S/C13H23NO/c1-3-4-5-6-7-8-9-12-10-11(2)13(15)14-12/h12H,2-10H2,1H3,(H,14,15)/t12-/m1/s1. The first-order valence-electron chi connectivity index (χ1n) is 6.22.